The molecule has 2 rings (SSSR count). The normalized spacial score (nSPS) is 12.4. The molecule has 2 aromatic carbocycles. The largest absolute Gasteiger partial charge is 0.495 e. The molecule has 0 amide bonds. The number of halogens is 1. The molecule has 1 N–H and O–H groups in total. The predicted molar refractivity (Wildman–Crippen MR) is 71.6 cm³/mol. The van der Waals surface area contributed by atoms with Crippen LogP contribution < -0.4 is 4.74 Å². The van der Waals surface area contributed by atoms with Crippen molar-refractivity contribution in [3.05, 3.63) is 40.9 Å². The number of carboxylic acid groups (broad SMARTS) is 1. The van der Waals surface area contributed by atoms with Gasteiger partial charge in [-0.25, -0.2) is 0 Å². The van der Waals surface area contributed by atoms with Gasteiger partial charge in [0.25, 0.3) is 0 Å². The molecule has 0 aromatic heterocycles. The summed E-state index contributed by atoms with van der Waals surface area (Å²) in [5.41, 5.74) is 0.754. The number of hydrogen-bond donors (Lipinski definition) is 1. The highest BCUT2D eigenvalue weighted by atomic mass is 35.5. The van der Waals surface area contributed by atoms with Gasteiger partial charge in [0.05, 0.1) is 18.1 Å². The lowest BCUT2D eigenvalue weighted by atomic mass is 9.95. The van der Waals surface area contributed by atoms with E-state index in [1.807, 2.05) is 24.3 Å². The molecule has 1 atom stereocenters. The van der Waals surface area contributed by atoms with Crippen LogP contribution in [-0.4, -0.2) is 18.2 Å². The summed E-state index contributed by atoms with van der Waals surface area (Å²) < 4.78 is 5.15. The molecule has 0 fully saturated rings. The van der Waals surface area contributed by atoms with Crippen LogP contribution in [0, 0.1) is 0 Å². The summed E-state index contributed by atoms with van der Waals surface area (Å²) in [6.07, 6.45) is 0. The van der Waals surface area contributed by atoms with E-state index in [2.05, 4.69) is 0 Å². The third-order valence-electron chi connectivity index (χ3n) is 3.05. The van der Waals surface area contributed by atoms with Crippen LogP contribution in [0.5, 0.6) is 5.75 Å². The van der Waals surface area contributed by atoms with E-state index in [9.17, 15) is 4.79 Å². The van der Waals surface area contributed by atoms with Gasteiger partial charge in [0.15, 0.2) is 0 Å². The van der Waals surface area contributed by atoms with E-state index in [1.165, 1.54) is 0 Å². The molecule has 94 valence electrons. The van der Waals surface area contributed by atoms with Gasteiger partial charge in [-0.05, 0) is 23.9 Å². The molecule has 4 heteroatoms. The van der Waals surface area contributed by atoms with Gasteiger partial charge in [0.2, 0.25) is 0 Å². The van der Waals surface area contributed by atoms with Crippen molar-refractivity contribution in [3.63, 3.8) is 0 Å². The second-order valence-electron chi connectivity index (χ2n) is 4.08. The van der Waals surface area contributed by atoms with Gasteiger partial charge in [0, 0.05) is 5.39 Å². The van der Waals surface area contributed by atoms with Crippen molar-refractivity contribution >= 4 is 28.3 Å². The number of fused-ring (bicyclic) bond motifs is 1. The fourth-order valence-electron chi connectivity index (χ4n) is 1.99. The molecule has 3 nitrogen and oxygen atoms in total. The number of methoxy groups -OCH3 is 1. The Bertz CT molecular complexity index is 607. The molecular formula is C14H13ClO3. The van der Waals surface area contributed by atoms with Crippen molar-refractivity contribution in [2.24, 2.45) is 0 Å². The summed E-state index contributed by atoms with van der Waals surface area (Å²) in [4.78, 5) is 11.1. The first-order valence-corrected chi connectivity index (χ1v) is 5.92. The SMILES string of the molecule is COc1ccc2c([C@H](C)C(=O)O)cccc2c1Cl. The highest BCUT2D eigenvalue weighted by Crippen LogP contribution is 2.36. The molecule has 2 aromatic rings. The van der Waals surface area contributed by atoms with Crippen molar-refractivity contribution in [2.75, 3.05) is 7.11 Å². The second kappa shape index (κ2) is 4.86. The van der Waals surface area contributed by atoms with Crippen LogP contribution in [0.25, 0.3) is 10.8 Å². The summed E-state index contributed by atoms with van der Waals surface area (Å²) >= 11 is 6.23. The highest BCUT2D eigenvalue weighted by Gasteiger charge is 2.17. The minimum atomic E-state index is -0.852. The molecule has 18 heavy (non-hydrogen) atoms. The minimum Gasteiger partial charge on any atom is -0.495 e. The first-order valence-electron chi connectivity index (χ1n) is 5.54. The maximum atomic E-state index is 11.1. The zero-order chi connectivity index (χ0) is 13.3. The van der Waals surface area contributed by atoms with Crippen LogP contribution >= 0.6 is 11.6 Å². The Balaban J connectivity index is 2.72. The number of carboxylic acids is 1. The Morgan fingerprint density at radius 2 is 2.00 bits per heavy atom. The van der Waals surface area contributed by atoms with Crippen LogP contribution in [0.15, 0.2) is 30.3 Å². The zero-order valence-corrected chi connectivity index (χ0v) is 10.9. The van der Waals surface area contributed by atoms with Crippen LogP contribution in [0.1, 0.15) is 18.4 Å². The summed E-state index contributed by atoms with van der Waals surface area (Å²) in [6, 6.07) is 9.07. The second-order valence-corrected chi connectivity index (χ2v) is 4.46. The Hall–Kier alpha value is -1.74. The quantitative estimate of drug-likeness (QED) is 0.920. The van der Waals surface area contributed by atoms with E-state index in [0.29, 0.717) is 10.8 Å². The number of benzene rings is 2. The number of hydrogen-bond acceptors (Lipinski definition) is 2. The third kappa shape index (κ3) is 2.02. The van der Waals surface area contributed by atoms with E-state index >= 15 is 0 Å². The number of rotatable bonds is 3. The van der Waals surface area contributed by atoms with Gasteiger partial charge < -0.3 is 9.84 Å². The van der Waals surface area contributed by atoms with Crippen molar-refractivity contribution in [1.82, 2.24) is 0 Å². The number of aliphatic carboxylic acids is 1. The molecule has 0 aliphatic heterocycles. The first kappa shape index (κ1) is 12.7. The monoisotopic (exact) mass is 264 g/mol. The van der Waals surface area contributed by atoms with Crippen LogP contribution in [0.2, 0.25) is 5.02 Å². The molecule has 0 radical (unpaired) electrons. The van der Waals surface area contributed by atoms with Crippen LogP contribution in [-0.2, 0) is 4.79 Å². The summed E-state index contributed by atoms with van der Waals surface area (Å²) in [5, 5.41) is 11.3. The molecular weight excluding hydrogens is 252 g/mol. The van der Waals surface area contributed by atoms with E-state index in [-0.39, 0.29) is 0 Å². The van der Waals surface area contributed by atoms with Crippen molar-refractivity contribution in [1.29, 1.82) is 0 Å². The molecule has 0 saturated carbocycles. The molecule has 0 aliphatic rings. The Morgan fingerprint density at radius 3 is 2.61 bits per heavy atom. The smallest absolute Gasteiger partial charge is 0.310 e. The average molecular weight is 265 g/mol. The third-order valence-corrected chi connectivity index (χ3v) is 3.44. The maximum Gasteiger partial charge on any atom is 0.310 e. The lowest BCUT2D eigenvalue weighted by Crippen LogP contribution is -2.07. The maximum absolute atomic E-state index is 11.1. The Morgan fingerprint density at radius 1 is 1.28 bits per heavy atom. The lowest BCUT2D eigenvalue weighted by molar-refractivity contribution is -0.138. The van der Waals surface area contributed by atoms with E-state index in [4.69, 9.17) is 21.4 Å². The zero-order valence-electron chi connectivity index (χ0n) is 10.1. The van der Waals surface area contributed by atoms with Gasteiger partial charge in [-0.2, -0.15) is 0 Å². The first-order chi connectivity index (χ1) is 8.56. The molecule has 0 bridgehead atoms. The average Bonchev–Trinajstić information content (AvgIpc) is 2.38. The Labute approximate surface area is 110 Å². The molecule has 0 saturated heterocycles. The van der Waals surface area contributed by atoms with Crippen molar-refractivity contribution in [2.45, 2.75) is 12.8 Å². The standard InChI is InChI=1S/C14H13ClO3/c1-8(14(16)17)9-4-3-5-11-10(9)6-7-12(18-2)13(11)15/h3-8H,1-2H3,(H,16,17)/t8-/m0/s1. The van der Waals surface area contributed by atoms with Crippen molar-refractivity contribution < 1.29 is 14.6 Å². The van der Waals surface area contributed by atoms with E-state index in [0.717, 1.165) is 16.3 Å². The van der Waals surface area contributed by atoms with Gasteiger partial charge in [-0.15, -0.1) is 0 Å². The minimum absolute atomic E-state index is 0.509. The fraction of sp³-hybridized carbons (Fsp3) is 0.214. The predicted octanol–water partition coefficient (Wildman–Crippen LogP) is 3.69. The molecule has 0 unspecified atom stereocenters. The molecule has 0 aliphatic carbocycles. The Kier molecular flexibility index (Phi) is 3.43. The highest BCUT2D eigenvalue weighted by molar-refractivity contribution is 6.37. The van der Waals surface area contributed by atoms with E-state index in [1.54, 1.807) is 20.1 Å². The van der Waals surface area contributed by atoms with Crippen LogP contribution in [0.3, 0.4) is 0 Å². The van der Waals surface area contributed by atoms with Crippen LogP contribution in [0.4, 0.5) is 0 Å². The van der Waals surface area contributed by atoms with Gasteiger partial charge >= 0.3 is 5.97 Å². The topological polar surface area (TPSA) is 46.5 Å². The lowest BCUT2D eigenvalue weighted by Gasteiger charge is -2.13. The van der Waals surface area contributed by atoms with E-state index < -0.39 is 11.9 Å². The number of ether oxygens (including phenoxy) is 1. The number of carbonyl (C=O) groups is 1. The fourth-order valence-corrected chi connectivity index (χ4v) is 2.30. The molecule has 0 heterocycles. The summed E-state index contributed by atoms with van der Waals surface area (Å²) in [6.45, 7) is 1.66. The summed E-state index contributed by atoms with van der Waals surface area (Å²) in [5.74, 6) is -0.836. The molecule has 0 spiro atoms. The van der Waals surface area contributed by atoms with Gasteiger partial charge in [0.1, 0.15) is 5.75 Å². The van der Waals surface area contributed by atoms with Gasteiger partial charge in [-0.3, -0.25) is 4.79 Å². The van der Waals surface area contributed by atoms with Crippen molar-refractivity contribution in [3.8, 4) is 5.75 Å². The van der Waals surface area contributed by atoms with Gasteiger partial charge in [-0.1, -0.05) is 35.9 Å². The summed E-state index contributed by atoms with van der Waals surface area (Å²) in [7, 11) is 1.55.